The van der Waals surface area contributed by atoms with Gasteiger partial charge in [-0.25, -0.2) is 0 Å². The molecule has 3 nitrogen and oxygen atoms in total. The van der Waals surface area contributed by atoms with Gasteiger partial charge < -0.3 is 15.4 Å². The Balaban J connectivity index is 1.78. The molecule has 1 aromatic rings. The third-order valence-electron chi connectivity index (χ3n) is 4.64. The van der Waals surface area contributed by atoms with E-state index in [1.807, 2.05) is 0 Å². The van der Waals surface area contributed by atoms with Gasteiger partial charge in [0.1, 0.15) is 5.75 Å². The number of fused-ring (bicyclic) bond motifs is 2. The molecule has 0 spiro atoms. The van der Waals surface area contributed by atoms with E-state index in [0.29, 0.717) is 6.04 Å². The van der Waals surface area contributed by atoms with Crippen LogP contribution >= 0.6 is 0 Å². The predicted octanol–water partition coefficient (Wildman–Crippen LogP) is 2.57. The average molecular weight is 260 g/mol. The van der Waals surface area contributed by atoms with Gasteiger partial charge in [-0.1, -0.05) is 0 Å². The number of hydrogen-bond acceptors (Lipinski definition) is 3. The van der Waals surface area contributed by atoms with Crippen molar-refractivity contribution in [3.63, 3.8) is 0 Å². The monoisotopic (exact) mass is 260 g/mol. The highest BCUT2D eigenvalue weighted by atomic mass is 16.5. The summed E-state index contributed by atoms with van der Waals surface area (Å²) in [5.74, 6) is 2.54. The van der Waals surface area contributed by atoms with Gasteiger partial charge >= 0.3 is 0 Å². The minimum Gasteiger partial charge on any atom is -0.496 e. The van der Waals surface area contributed by atoms with Crippen LogP contribution in [-0.4, -0.2) is 26.2 Å². The standard InChI is InChI=1S/C16H24N2O/c1-11-5-15(3-4-16(11)19-2)18-9-12-6-13(10-18)8-14(17)7-12/h3-5,12-14H,6-10,17H2,1-2H3. The molecule has 2 N–H and O–H groups in total. The molecule has 2 aliphatic rings. The Labute approximate surface area is 115 Å². The van der Waals surface area contributed by atoms with Crippen LogP contribution in [0.5, 0.6) is 5.75 Å². The van der Waals surface area contributed by atoms with E-state index >= 15 is 0 Å². The first-order valence-electron chi connectivity index (χ1n) is 7.31. The molecule has 1 aliphatic carbocycles. The third kappa shape index (κ3) is 2.57. The van der Waals surface area contributed by atoms with Crippen molar-refractivity contribution >= 4 is 5.69 Å². The molecule has 3 rings (SSSR count). The zero-order valence-corrected chi connectivity index (χ0v) is 11.9. The average Bonchev–Trinajstić information content (AvgIpc) is 2.37. The summed E-state index contributed by atoms with van der Waals surface area (Å²) >= 11 is 0. The summed E-state index contributed by atoms with van der Waals surface area (Å²) in [4.78, 5) is 2.54. The van der Waals surface area contributed by atoms with Crippen molar-refractivity contribution in [2.75, 3.05) is 25.1 Å². The number of aryl methyl sites for hydroxylation is 1. The highest BCUT2D eigenvalue weighted by molar-refractivity contribution is 5.53. The zero-order valence-electron chi connectivity index (χ0n) is 11.9. The maximum Gasteiger partial charge on any atom is 0.121 e. The smallest absolute Gasteiger partial charge is 0.121 e. The van der Waals surface area contributed by atoms with Crippen LogP contribution < -0.4 is 15.4 Å². The van der Waals surface area contributed by atoms with Gasteiger partial charge in [0.2, 0.25) is 0 Å². The van der Waals surface area contributed by atoms with Crippen molar-refractivity contribution in [1.29, 1.82) is 0 Å². The minimum atomic E-state index is 0.434. The Morgan fingerprint density at radius 1 is 1.16 bits per heavy atom. The van der Waals surface area contributed by atoms with Crippen molar-refractivity contribution in [2.45, 2.75) is 32.2 Å². The van der Waals surface area contributed by atoms with Crippen LogP contribution in [0, 0.1) is 18.8 Å². The van der Waals surface area contributed by atoms with Crippen LogP contribution in [0.15, 0.2) is 18.2 Å². The van der Waals surface area contributed by atoms with Gasteiger partial charge in [0.15, 0.2) is 0 Å². The maximum atomic E-state index is 6.14. The number of nitrogens with two attached hydrogens (primary N) is 1. The number of benzene rings is 1. The first-order chi connectivity index (χ1) is 9.15. The number of rotatable bonds is 2. The molecule has 0 aromatic heterocycles. The number of methoxy groups -OCH3 is 1. The molecule has 2 atom stereocenters. The van der Waals surface area contributed by atoms with E-state index in [1.54, 1.807) is 7.11 Å². The second-order valence-corrected chi connectivity index (χ2v) is 6.26. The second-order valence-electron chi connectivity index (χ2n) is 6.26. The lowest BCUT2D eigenvalue weighted by Gasteiger charge is -2.44. The van der Waals surface area contributed by atoms with Crippen LogP contribution in [0.1, 0.15) is 24.8 Å². The number of ether oxygens (including phenoxy) is 1. The molecule has 104 valence electrons. The lowest BCUT2D eigenvalue weighted by molar-refractivity contribution is 0.208. The molecule has 1 saturated carbocycles. The van der Waals surface area contributed by atoms with E-state index in [9.17, 15) is 0 Å². The highest BCUT2D eigenvalue weighted by Crippen LogP contribution is 2.36. The molecule has 1 aromatic carbocycles. The fourth-order valence-corrected chi connectivity index (χ4v) is 3.88. The second kappa shape index (κ2) is 5.04. The molecule has 0 amide bonds. The Morgan fingerprint density at radius 3 is 2.42 bits per heavy atom. The van der Waals surface area contributed by atoms with E-state index in [4.69, 9.17) is 10.5 Å². The molecule has 19 heavy (non-hydrogen) atoms. The summed E-state index contributed by atoms with van der Waals surface area (Å²) in [5, 5.41) is 0. The lowest BCUT2D eigenvalue weighted by atomic mass is 9.75. The fourth-order valence-electron chi connectivity index (χ4n) is 3.88. The quantitative estimate of drug-likeness (QED) is 0.888. The van der Waals surface area contributed by atoms with Crippen LogP contribution in [0.4, 0.5) is 5.69 Å². The van der Waals surface area contributed by atoms with Gasteiger partial charge in [0.25, 0.3) is 0 Å². The number of nitrogens with zero attached hydrogens (tertiary/aromatic N) is 1. The first kappa shape index (κ1) is 12.8. The Bertz CT molecular complexity index is 442. The molecular weight excluding hydrogens is 236 g/mol. The minimum absolute atomic E-state index is 0.434. The Morgan fingerprint density at radius 2 is 1.84 bits per heavy atom. The van der Waals surface area contributed by atoms with E-state index in [2.05, 4.69) is 30.0 Å². The van der Waals surface area contributed by atoms with Crippen molar-refractivity contribution < 1.29 is 4.74 Å². The van der Waals surface area contributed by atoms with Crippen LogP contribution in [0.25, 0.3) is 0 Å². The topological polar surface area (TPSA) is 38.5 Å². The van der Waals surface area contributed by atoms with Crippen LogP contribution in [-0.2, 0) is 0 Å². The van der Waals surface area contributed by atoms with E-state index in [-0.39, 0.29) is 0 Å². The summed E-state index contributed by atoms with van der Waals surface area (Å²) in [5.41, 5.74) is 8.69. The number of anilines is 1. The van der Waals surface area contributed by atoms with Crippen molar-refractivity contribution in [3.05, 3.63) is 23.8 Å². The molecule has 1 saturated heterocycles. The maximum absolute atomic E-state index is 6.14. The normalized spacial score (nSPS) is 30.3. The van der Waals surface area contributed by atoms with E-state index < -0.39 is 0 Å². The molecular formula is C16H24N2O. The van der Waals surface area contributed by atoms with Crippen molar-refractivity contribution in [3.8, 4) is 5.75 Å². The van der Waals surface area contributed by atoms with Gasteiger partial charge in [0, 0.05) is 24.8 Å². The molecule has 0 radical (unpaired) electrons. The summed E-state index contributed by atoms with van der Waals surface area (Å²) in [7, 11) is 1.73. The summed E-state index contributed by atoms with van der Waals surface area (Å²) < 4.78 is 5.34. The summed E-state index contributed by atoms with van der Waals surface area (Å²) in [6.07, 6.45) is 3.77. The molecule has 3 heteroatoms. The van der Waals surface area contributed by atoms with Gasteiger partial charge in [-0.3, -0.25) is 0 Å². The van der Waals surface area contributed by atoms with Gasteiger partial charge in [-0.2, -0.15) is 0 Å². The van der Waals surface area contributed by atoms with Gasteiger partial charge in [-0.05, 0) is 61.8 Å². The fraction of sp³-hybridized carbons (Fsp3) is 0.625. The van der Waals surface area contributed by atoms with E-state index in [0.717, 1.165) is 30.7 Å². The summed E-state index contributed by atoms with van der Waals surface area (Å²) in [6, 6.07) is 6.96. The zero-order chi connectivity index (χ0) is 13.4. The Kier molecular flexibility index (Phi) is 3.40. The van der Waals surface area contributed by atoms with Crippen molar-refractivity contribution in [1.82, 2.24) is 0 Å². The highest BCUT2D eigenvalue weighted by Gasteiger charge is 2.33. The third-order valence-corrected chi connectivity index (χ3v) is 4.64. The molecule has 2 unspecified atom stereocenters. The number of piperidine rings is 1. The molecule has 1 aliphatic heterocycles. The van der Waals surface area contributed by atoms with Crippen LogP contribution in [0.3, 0.4) is 0 Å². The van der Waals surface area contributed by atoms with Crippen molar-refractivity contribution in [2.24, 2.45) is 17.6 Å². The van der Waals surface area contributed by atoms with Gasteiger partial charge in [0.05, 0.1) is 7.11 Å². The van der Waals surface area contributed by atoms with Gasteiger partial charge in [-0.15, -0.1) is 0 Å². The first-order valence-corrected chi connectivity index (χ1v) is 7.31. The SMILES string of the molecule is COc1ccc(N2CC3CC(N)CC(C3)C2)cc1C. The van der Waals surface area contributed by atoms with Crippen LogP contribution in [0.2, 0.25) is 0 Å². The predicted molar refractivity (Wildman–Crippen MR) is 78.8 cm³/mol. The largest absolute Gasteiger partial charge is 0.496 e. The summed E-state index contributed by atoms with van der Waals surface area (Å²) in [6.45, 7) is 4.44. The number of hydrogen-bond donors (Lipinski definition) is 1. The van der Waals surface area contributed by atoms with E-state index in [1.165, 1.54) is 30.5 Å². The lowest BCUT2D eigenvalue weighted by Crippen LogP contribution is -2.47. The molecule has 1 heterocycles. The Hall–Kier alpha value is -1.22. The molecule has 2 fully saturated rings. The molecule has 2 bridgehead atoms.